The number of nitro groups is 1. The lowest BCUT2D eigenvalue weighted by atomic mass is 10.1. The second kappa shape index (κ2) is 7.60. The Bertz CT molecular complexity index is 967. The largest absolute Gasteiger partial charge is 0.489 e. The van der Waals surface area contributed by atoms with Crippen molar-refractivity contribution >= 4 is 22.5 Å². The number of amides is 1. The topological polar surface area (TPSA) is 94.4 Å². The number of nitrogens with zero attached hydrogens (tertiary/aromatic N) is 2. The summed E-state index contributed by atoms with van der Waals surface area (Å²) in [4.78, 5) is 26.9. The molecule has 1 aromatic heterocycles. The highest BCUT2D eigenvalue weighted by molar-refractivity contribution is 5.95. The van der Waals surface area contributed by atoms with E-state index in [1.165, 1.54) is 6.07 Å². The minimum atomic E-state index is -0.497. The van der Waals surface area contributed by atoms with Crippen LogP contribution in [0.2, 0.25) is 0 Å². The molecule has 7 nitrogen and oxygen atoms in total. The van der Waals surface area contributed by atoms with Crippen LogP contribution < -0.4 is 10.1 Å². The zero-order valence-corrected chi connectivity index (χ0v) is 14.1. The van der Waals surface area contributed by atoms with Crippen LogP contribution in [0.25, 0.3) is 10.9 Å². The predicted octanol–water partition coefficient (Wildman–Crippen LogP) is 3.26. The minimum Gasteiger partial charge on any atom is -0.489 e. The van der Waals surface area contributed by atoms with Crippen LogP contribution in [0.5, 0.6) is 5.75 Å². The van der Waals surface area contributed by atoms with Crippen molar-refractivity contribution in [3.8, 4) is 5.75 Å². The van der Waals surface area contributed by atoms with Gasteiger partial charge in [0.05, 0.1) is 11.5 Å². The second-order valence-corrected chi connectivity index (χ2v) is 5.69. The summed E-state index contributed by atoms with van der Waals surface area (Å²) in [5, 5.41) is 14.6. The first-order valence-corrected chi connectivity index (χ1v) is 8.06. The normalized spacial score (nSPS) is 10.5. The van der Waals surface area contributed by atoms with E-state index >= 15 is 0 Å². The summed E-state index contributed by atoms with van der Waals surface area (Å²) in [6.45, 7) is 2.16. The first kappa shape index (κ1) is 17.3. The minimum absolute atomic E-state index is 0.0734. The Kier molecular flexibility index (Phi) is 5.07. The van der Waals surface area contributed by atoms with Crippen molar-refractivity contribution in [1.29, 1.82) is 0 Å². The second-order valence-electron chi connectivity index (χ2n) is 5.69. The predicted molar refractivity (Wildman–Crippen MR) is 97.4 cm³/mol. The molecule has 3 rings (SSSR count). The maximum absolute atomic E-state index is 12.2. The van der Waals surface area contributed by atoms with E-state index in [2.05, 4.69) is 10.3 Å². The molecule has 0 atom stereocenters. The summed E-state index contributed by atoms with van der Waals surface area (Å²) in [6.07, 6.45) is 1.70. The van der Waals surface area contributed by atoms with Crippen molar-refractivity contribution < 1.29 is 14.5 Å². The lowest BCUT2D eigenvalue weighted by molar-refractivity contribution is -0.385. The van der Waals surface area contributed by atoms with E-state index in [9.17, 15) is 14.9 Å². The Morgan fingerprint density at radius 1 is 1.23 bits per heavy atom. The standard InChI is InChI=1S/C19H17N3O4/c1-13-7-8-15(12-16(13)22(24)25)19(23)21-10-11-26-17-6-2-4-14-5-3-9-20-18(14)17/h2-9,12H,10-11H2,1H3,(H,21,23). The summed E-state index contributed by atoms with van der Waals surface area (Å²) >= 11 is 0. The number of benzene rings is 2. The van der Waals surface area contributed by atoms with Crippen LogP contribution in [0.15, 0.2) is 54.7 Å². The van der Waals surface area contributed by atoms with E-state index in [0.717, 1.165) is 10.9 Å². The fourth-order valence-electron chi connectivity index (χ4n) is 2.57. The lowest BCUT2D eigenvalue weighted by Gasteiger charge is -2.10. The van der Waals surface area contributed by atoms with Gasteiger partial charge in [-0.05, 0) is 25.1 Å². The molecule has 2 aromatic carbocycles. The molecule has 26 heavy (non-hydrogen) atoms. The number of ether oxygens (including phenoxy) is 1. The highest BCUT2D eigenvalue weighted by Crippen LogP contribution is 2.22. The van der Waals surface area contributed by atoms with E-state index in [1.807, 2.05) is 30.3 Å². The molecule has 0 aliphatic carbocycles. The van der Waals surface area contributed by atoms with Gasteiger partial charge < -0.3 is 10.1 Å². The summed E-state index contributed by atoms with van der Waals surface area (Å²) < 4.78 is 5.70. The molecule has 0 bridgehead atoms. The third kappa shape index (κ3) is 3.77. The molecule has 7 heteroatoms. The van der Waals surface area contributed by atoms with Gasteiger partial charge in [-0.2, -0.15) is 0 Å². The number of hydrogen-bond donors (Lipinski definition) is 1. The molecule has 3 aromatic rings. The maximum Gasteiger partial charge on any atom is 0.273 e. The van der Waals surface area contributed by atoms with E-state index in [1.54, 1.807) is 25.3 Å². The molecule has 132 valence electrons. The number of carbonyl (C=O) groups is 1. The number of hydrogen-bond acceptors (Lipinski definition) is 5. The Morgan fingerprint density at radius 3 is 2.85 bits per heavy atom. The van der Waals surface area contributed by atoms with Gasteiger partial charge in [-0.1, -0.05) is 24.3 Å². The fraction of sp³-hybridized carbons (Fsp3) is 0.158. The highest BCUT2D eigenvalue weighted by Gasteiger charge is 2.14. The maximum atomic E-state index is 12.2. The Morgan fingerprint density at radius 2 is 2.04 bits per heavy atom. The Balaban J connectivity index is 1.59. The molecular formula is C19H17N3O4. The zero-order valence-electron chi connectivity index (χ0n) is 14.1. The number of nitro benzene ring substituents is 1. The third-order valence-corrected chi connectivity index (χ3v) is 3.91. The van der Waals surface area contributed by atoms with Crippen molar-refractivity contribution in [1.82, 2.24) is 10.3 Å². The number of para-hydroxylation sites is 1. The van der Waals surface area contributed by atoms with Crippen molar-refractivity contribution in [2.45, 2.75) is 6.92 Å². The van der Waals surface area contributed by atoms with Gasteiger partial charge in [0.1, 0.15) is 17.9 Å². The SMILES string of the molecule is Cc1ccc(C(=O)NCCOc2cccc3cccnc23)cc1[N+](=O)[O-]. The Hall–Kier alpha value is -3.48. The molecule has 0 aliphatic rings. The quantitative estimate of drug-likeness (QED) is 0.418. The summed E-state index contributed by atoms with van der Waals surface area (Å²) in [6, 6.07) is 13.8. The summed E-state index contributed by atoms with van der Waals surface area (Å²) in [5.74, 6) is 0.260. The van der Waals surface area contributed by atoms with Gasteiger partial charge in [0, 0.05) is 28.8 Å². The van der Waals surface area contributed by atoms with E-state index in [4.69, 9.17) is 4.74 Å². The number of rotatable bonds is 6. The van der Waals surface area contributed by atoms with Crippen molar-refractivity contribution in [3.63, 3.8) is 0 Å². The van der Waals surface area contributed by atoms with Crippen LogP contribution in [-0.2, 0) is 0 Å². The third-order valence-electron chi connectivity index (χ3n) is 3.91. The van der Waals surface area contributed by atoms with Gasteiger partial charge in [0.25, 0.3) is 11.6 Å². The van der Waals surface area contributed by atoms with Crippen LogP contribution in [-0.4, -0.2) is 29.0 Å². The number of aromatic nitrogens is 1. The zero-order chi connectivity index (χ0) is 18.5. The van der Waals surface area contributed by atoms with Gasteiger partial charge in [0.15, 0.2) is 0 Å². The molecule has 1 heterocycles. The van der Waals surface area contributed by atoms with Gasteiger partial charge in [-0.25, -0.2) is 0 Å². The van der Waals surface area contributed by atoms with Gasteiger partial charge in [-0.15, -0.1) is 0 Å². The number of fused-ring (bicyclic) bond motifs is 1. The van der Waals surface area contributed by atoms with E-state index in [0.29, 0.717) is 11.3 Å². The van der Waals surface area contributed by atoms with Crippen molar-refractivity contribution in [2.24, 2.45) is 0 Å². The van der Waals surface area contributed by atoms with Crippen molar-refractivity contribution in [2.75, 3.05) is 13.2 Å². The molecule has 1 amide bonds. The Labute approximate surface area is 149 Å². The fourth-order valence-corrected chi connectivity index (χ4v) is 2.57. The van der Waals surface area contributed by atoms with Gasteiger partial charge >= 0.3 is 0 Å². The van der Waals surface area contributed by atoms with Crippen LogP contribution in [0.3, 0.4) is 0 Å². The number of pyridine rings is 1. The smallest absolute Gasteiger partial charge is 0.273 e. The highest BCUT2D eigenvalue weighted by atomic mass is 16.6. The van der Waals surface area contributed by atoms with E-state index < -0.39 is 4.92 Å². The average molecular weight is 351 g/mol. The molecule has 1 N–H and O–H groups in total. The lowest BCUT2D eigenvalue weighted by Crippen LogP contribution is -2.28. The first-order chi connectivity index (χ1) is 12.6. The van der Waals surface area contributed by atoms with Crippen molar-refractivity contribution in [3.05, 3.63) is 76.0 Å². The molecule has 0 saturated carbocycles. The van der Waals surface area contributed by atoms with Crippen LogP contribution in [0.1, 0.15) is 15.9 Å². The first-order valence-electron chi connectivity index (χ1n) is 8.06. The van der Waals surface area contributed by atoms with E-state index in [-0.39, 0.29) is 30.3 Å². The molecule has 0 spiro atoms. The molecule has 0 saturated heterocycles. The molecular weight excluding hydrogens is 334 g/mol. The monoisotopic (exact) mass is 351 g/mol. The number of nitrogens with one attached hydrogen (secondary N) is 1. The molecule has 0 radical (unpaired) electrons. The van der Waals surface area contributed by atoms with Crippen LogP contribution in [0.4, 0.5) is 5.69 Å². The molecule has 0 fully saturated rings. The molecule has 0 aliphatic heterocycles. The summed E-state index contributed by atoms with van der Waals surface area (Å²) in [5.41, 5.74) is 1.44. The van der Waals surface area contributed by atoms with Crippen LogP contribution >= 0.6 is 0 Å². The van der Waals surface area contributed by atoms with Gasteiger partial charge in [-0.3, -0.25) is 19.9 Å². The summed E-state index contributed by atoms with van der Waals surface area (Å²) in [7, 11) is 0. The van der Waals surface area contributed by atoms with Crippen LogP contribution in [0, 0.1) is 17.0 Å². The average Bonchev–Trinajstić information content (AvgIpc) is 2.65. The molecule has 0 unspecified atom stereocenters. The number of carbonyl (C=O) groups excluding carboxylic acids is 1. The number of aryl methyl sites for hydroxylation is 1. The van der Waals surface area contributed by atoms with Gasteiger partial charge in [0.2, 0.25) is 0 Å².